The van der Waals surface area contributed by atoms with Crippen molar-refractivity contribution in [2.24, 2.45) is 0 Å². The molecule has 1 saturated heterocycles. The van der Waals surface area contributed by atoms with Gasteiger partial charge in [-0.2, -0.15) is 0 Å². The lowest BCUT2D eigenvalue weighted by Crippen LogP contribution is -2.48. The molecule has 33 heavy (non-hydrogen) atoms. The minimum Gasteiger partial charge on any atom is -0.496 e. The Morgan fingerprint density at radius 1 is 1.09 bits per heavy atom. The minimum absolute atomic E-state index is 0.0984. The fraction of sp³-hybridized carbons (Fsp3) is 0.391. The second-order valence-corrected chi connectivity index (χ2v) is 10.7. The van der Waals surface area contributed by atoms with E-state index in [0.717, 1.165) is 15.6 Å². The zero-order chi connectivity index (χ0) is 23.9. The lowest BCUT2D eigenvalue weighted by Gasteiger charge is -2.35. The number of rotatable bonds is 5. The van der Waals surface area contributed by atoms with Gasteiger partial charge in [0.1, 0.15) is 10.6 Å². The van der Waals surface area contributed by atoms with Crippen LogP contribution in [0.4, 0.5) is 0 Å². The number of hydrogen-bond acceptors (Lipinski definition) is 6. The lowest BCUT2D eigenvalue weighted by molar-refractivity contribution is 0.0626. The van der Waals surface area contributed by atoms with Crippen LogP contribution >= 0.6 is 11.6 Å². The maximum atomic E-state index is 13.1. The average Bonchev–Trinajstić information content (AvgIpc) is 2.98. The number of hydrogen-bond donors (Lipinski definition) is 0. The quantitative estimate of drug-likeness (QED) is 0.639. The van der Waals surface area contributed by atoms with Gasteiger partial charge in [-0.15, -0.1) is 0 Å². The van der Waals surface area contributed by atoms with Crippen LogP contribution in [-0.4, -0.2) is 73.7 Å². The van der Waals surface area contributed by atoms with Crippen molar-refractivity contribution in [1.82, 2.24) is 14.1 Å². The van der Waals surface area contributed by atoms with Crippen LogP contribution in [0.2, 0.25) is 5.02 Å². The summed E-state index contributed by atoms with van der Waals surface area (Å²) >= 11 is 6.13. The number of halogens is 1. The molecule has 0 bridgehead atoms. The molecule has 176 valence electrons. The third-order valence-electron chi connectivity index (χ3n) is 5.96. The average molecular weight is 492 g/mol. The molecule has 1 fully saturated rings. The van der Waals surface area contributed by atoms with Crippen LogP contribution in [0.25, 0.3) is 0 Å². The van der Waals surface area contributed by atoms with Crippen LogP contribution in [0.15, 0.2) is 41.3 Å². The molecule has 2 aliphatic heterocycles. The van der Waals surface area contributed by atoms with Gasteiger partial charge in [0.25, 0.3) is 21.8 Å². The van der Waals surface area contributed by atoms with Gasteiger partial charge >= 0.3 is 0 Å². The molecule has 0 unspecified atom stereocenters. The minimum atomic E-state index is -3.95. The third kappa shape index (κ3) is 4.32. The highest BCUT2D eigenvalue weighted by molar-refractivity contribution is 7.90. The number of fused-ring (bicyclic) bond motifs is 1. The number of methoxy groups -OCH3 is 1. The highest BCUT2D eigenvalue weighted by atomic mass is 35.5. The van der Waals surface area contributed by atoms with Gasteiger partial charge in [0, 0.05) is 54.9 Å². The molecule has 8 nitrogen and oxygen atoms in total. The molecule has 0 aliphatic carbocycles. The Morgan fingerprint density at radius 3 is 2.42 bits per heavy atom. The van der Waals surface area contributed by atoms with Crippen LogP contribution in [0.1, 0.15) is 40.1 Å². The van der Waals surface area contributed by atoms with Crippen molar-refractivity contribution >= 4 is 33.4 Å². The Hall–Kier alpha value is -2.62. The molecule has 2 amide bonds. The number of amides is 2. The smallest absolute Gasteiger partial charge is 0.269 e. The second-order valence-electron chi connectivity index (χ2n) is 8.44. The summed E-state index contributed by atoms with van der Waals surface area (Å²) in [5.41, 5.74) is 1.36. The SMILES string of the molecule is COc1ccc(Cl)cc1CN1CCN(C(=O)c2ccc3c(c2)S(=O)(=O)N(C(C)C)C3=O)CC1. The summed E-state index contributed by atoms with van der Waals surface area (Å²) in [5, 5.41) is 0.640. The van der Waals surface area contributed by atoms with Crippen molar-refractivity contribution in [2.45, 2.75) is 31.3 Å². The molecular formula is C23H26ClN3O5S. The number of piperazine rings is 1. The van der Waals surface area contributed by atoms with E-state index >= 15 is 0 Å². The van der Waals surface area contributed by atoms with Crippen LogP contribution in [0, 0.1) is 0 Å². The molecule has 2 aromatic rings. The fourth-order valence-corrected chi connectivity index (χ4v) is 6.28. The summed E-state index contributed by atoms with van der Waals surface area (Å²) in [5.74, 6) is -0.0327. The first kappa shape index (κ1) is 23.5. The van der Waals surface area contributed by atoms with Crippen molar-refractivity contribution in [1.29, 1.82) is 0 Å². The van der Waals surface area contributed by atoms with Crippen molar-refractivity contribution in [3.8, 4) is 5.75 Å². The topological polar surface area (TPSA) is 87.2 Å². The second kappa shape index (κ2) is 8.96. The number of carbonyl (C=O) groups excluding carboxylic acids is 2. The molecule has 0 radical (unpaired) electrons. The van der Waals surface area contributed by atoms with Gasteiger partial charge in [-0.05, 0) is 50.2 Å². The summed E-state index contributed by atoms with van der Waals surface area (Å²) in [6.07, 6.45) is 0. The van der Waals surface area contributed by atoms with Crippen molar-refractivity contribution in [3.05, 3.63) is 58.1 Å². The first-order chi connectivity index (χ1) is 15.6. The van der Waals surface area contributed by atoms with Gasteiger partial charge in [-0.25, -0.2) is 12.7 Å². The number of carbonyl (C=O) groups is 2. The predicted octanol–water partition coefficient (Wildman–Crippen LogP) is 2.86. The van der Waals surface area contributed by atoms with E-state index in [1.165, 1.54) is 18.2 Å². The zero-order valence-corrected chi connectivity index (χ0v) is 20.3. The highest BCUT2D eigenvalue weighted by Crippen LogP contribution is 2.33. The monoisotopic (exact) mass is 491 g/mol. The van der Waals surface area contributed by atoms with E-state index < -0.39 is 22.0 Å². The third-order valence-corrected chi connectivity index (χ3v) is 8.19. The molecule has 2 aromatic carbocycles. The Balaban J connectivity index is 1.46. The van der Waals surface area contributed by atoms with Gasteiger partial charge in [0.2, 0.25) is 0 Å². The van der Waals surface area contributed by atoms with E-state index in [0.29, 0.717) is 37.7 Å². The van der Waals surface area contributed by atoms with Gasteiger partial charge in [0.05, 0.1) is 12.7 Å². The molecule has 2 heterocycles. The largest absolute Gasteiger partial charge is 0.496 e. The summed E-state index contributed by atoms with van der Waals surface area (Å²) < 4.78 is 32.0. The lowest BCUT2D eigenvalue weighted by atomic mass is 10.1. The molecule has 2 aliphatic rings. The maximum Gasteiger partial charge on any atom is 0.269 e. The van der Waals surface area contributed by atoms with Crippen LogP contribution < -0.4 is 4.74 Å². The predicted molar refractivity (Wildman–Crippen MR) is 124 cm³/mol. The summed E-state index contributed by atoms with van der Waals surface area (Å²) in [4.78, 5) is 29.4. The molecule has 0 saturated carbocycles. The molecule has 0 spiro atoms. The molecule has 0 aromatic heterocycles. The Bertz CT molecular complexity index is 1210. The van der Waals surface area contributed by atoms with E-state index in [9.17, 15) is 18.0 Å². The van der Waals surface area contributed by atoms with Gasteiger partial charge < -0.3 is 9.64 Å². The molecule has 0 atom stereocenters. The molecule has 0 N–H and O–H groups in total. The maximum absolute atomic E-state index is 13.1. The van der Waals surface area contributed by atoms with Gasteiger partial charge in [-0.1, -0.05) is 11.6 Å². The number of benzene rings is 2. The van der Waals surface area contributed by atoms with E-state index in [-0.39, 0.29) is 21.9 Å². The molecule has 10 heteroatoms. The summed E-state index contributed by atoms with van der Waals surface area (Å²) in [6.45, 7) is 6.26. The number of sulfonamides is 1. The molecule has 4 rings (SSSR count). The summed E-state index contributed by atoms with van der Waals surface area (Å²) in [7, 11) is -2.33. The van der Waals surface area contributed by atoms with Crippen LogP contribution in [-0.2, 0) is 16.6 Å². The fourth-order valence-electron chi connectivity index (χ4n) is 4.29. The van der Waals surface area contributed by atoms with Crippen molar-refractivity contribution in [2.75, 3.05) is 33.3 Å². The van der Waals surface area contributed by atoms with Gasteiger partial charge in [-0.3, -0.25) is 14.5 Å². The Labute approximate surface area is 198 Å². The van der Waals surface area contributed by atoms with E-state index in [1.54, 1.807) is 31.9 Å². The van der Waals surface area contributed by atoms with Crippen molar-refractivity contribution in [3.63, 3.8) is 0 Å². The number of ether oxygens (including phenoxy) is 1. The van der Waals surface area contributed by atoms with E-state index in [4.69, 9.17) is 16.3 Å². The number of nitrogens with zero attached hydrogens (tertiary/aromatic N) is 3. The van der Waals surface area contributed by atoms with Crippen LogP contribution in [0.3, 0.4) is 0 Å². The Morgan fingerprint density at radius 2 is 1.79 bits per heavy atom. The van der Waals surface area contributed by atoms with E-state index in [1.807, 2.05) is 12.1 Å². The standard InChI is InChI=1S/C23H26ClN3O5S/c1-15(2)27-23(29)19-6-4-16(13-21(19)33(27,30)31)22(28)26-10-8-25(9-11-26)14-17-12-18(24)5-7-20(17)32-3/h4-7,12-13,15H,8-11,14H2,1-3H3. The Kier molecular flexibility index (Phi) is 6.39. The van der Waals surface area contributed by atoms with Gasteiger partial charge in [0.15, 0.2) is 0 Å². The summed E-state index contributed by atoms with van der Waals surface area (Å²) in [6, 6.07) is 9.30. The first-order valence-corrected chi connectivity index (χ1v) is 12.5. The van der Waals surface area contributed by atoms with Crippen LogP contribution in [0.5, 0.6) is 5.75 Å². The molecular weight excluding hydrogens is 466 g/mol. The van der Waals surface area contributed by atoms with Crippen molar-refractivity contribution < 1.29 is 22.7 Å². The normalized spacial score (nSPS) is 18.0. The highest BCUT2D eigenvalue weighted by Gasteiger charge is 2.43. The van der Waals surface area contributed by atoms with E-state index in [2.05, 4.69) is 4.90 Å². The zero-order valence-electron chi connectivity index (χ0n) is 18.7. The first-order valence-electron chi connectivity index (χ1n) is 10.7.